The summed E-state index contributed by atoms with van der Waals surface area (Å²) in [6.45, 7) is 3.34. The maximum atomic E-state index is 9.58. The number of benzene rings is 2. The van der Waals surface area contributed by atoms with Gasteiger partial charge in [-0.25, -0.2) is 5.84 Å². The molecule has 11 heteroatoms. The number of rotatable bonds is 0. The van der Waals surface area contributed by atoms with Crippen LogP contribution in [0.25, 0.3) is 5.69 Å². The number of hydrogen-bond acceptors (Lipinski definition) is 6. The van der Waals surface area contributed by atoms with Crippen molar-refractivity contribution in [2.45, 2.75) is 77.7 Å². The van der Waals surface area contributed by atoms with Gasteiger partial charge in [0, 0.05) is 34.4 Å². The number of carbonyl (C=O) groups is 1. The Kier molecular flexibility index (Phi) is 12.5. The second-order valence-corrected chi connectivity index (χ2v) is 11.9. The average Bonchev–Trinajstić information content (AvgIpc) is 3.31. The standard InChI is InChI=1S/C11H10BrN3.C9H8BrNS.C6H12O.C2H6N2O/c1-7-13-14-11-5-2-8-6-9(12)3-4-10(8)15(7)11;10-7-2-3-8-6(5-7)1-4-9(12)11-8;7-6-4-2-1-3-5-6;1-2(5)4-3/h3-4,6H,2,5H2,1H3;2-3,5H,1,4H2,(H,11,12);6-7H,1-5H2;3H2,1H3,(H,4,5). The van der Waals surface area contributed by atoms with E-state index in [0.717, 1.165) is 69.8 Å². The topological polar surface area (TPSA) is 118 Å². The molecule has 3 aliphatic rings. The number of aromatic nitrogens is 3. The number of nitrogens with zero attached hydrogens (tertiary/aromatic N) is 3. The Hall–Kier alpha value is -2.18. The van der Waals surface area contributed by atoms with Crippen molar-refractivity contribution in [3.05, 3.63) is 68.1 Å². The van der Waals surface area contributed by atoms with E-state index in [4.69, 9.17) is 17.3 Å². The molecule has 6 rings (SSSR count). The van der Waals surface area contributed by atoms with Crippen LogP contribution in [-0.4, -0.2) is 36.9 Å². The molecule has 210 valence electrons. The predicted octanol–water partition coefficient (Wildman–Crippen LogP) is 5.88. The molecule has 1 saturated carbocycles. The Morgan fingerprint density at radius 1 is 1.03 bits per heavy atom. The molecule has 39 heavy (non-hydrogen) atoms. The number of fused-ring (bicyclic) bond motifs is 4. The second kappa shape index (κ2) is 15.6. The molecule has 0 bridgehead atoms. The lowest BCUT2D eigenvalue weighted by Crippen LogP contribution is -2.26. The van der Waals surface area contributed by atoms with E-state index in [1.165, 1.54) is 43.0 Å². The Morgan fingerprint density at radius 3 is 2.26 bits per heavy atom. The normalized spacial score (nSPS) is 15.3. The SMILES string of the molecule is CC(=O)NN.Cc1nnc2n1-c1ccc(Br)cc1CC2.OC1CCCCC1.S=C1CCc2cc(Br)ccc2N1. The number of aryl methyl sites for hydroxylation is 4. The zero-order valence-electron chi connectivity index (χ0n) is 22.3. The minimum Gasteiger partial charge on any atom is -0.393 e. The molecule has 0 saturated heterocycles. The first-order valence-corrected chi connectivity index (χ1v) is 15.1. The second-order valence-electron chi connectivity index (χ2n) is 9.61. The van der Waals surface area contributed by atoms with Gasteiger partial charge in [0.25, 0.3) is 0 Å². The van der Waals surface area contributed by atoms with Crippen LogP contribution in [0.15, 0.2) is 45.3 Å². The van der Waals surface area contributed by atoms with E-state index >= 15 is 0 Å². The number of anilines is 1. The van der Waals surface area contributed by atoms with Crippen LogP contribution in [0.4, 0.5) is 5.69 Å². The maximum absolute atomic E-state index is 9.58. The fraction of sp³-hybridized carbons (Fsp3) is 0.429. The minimum absolute atomic E-state index is 0.0359. The predicted molar refractivity (Wildman–Crippen MR) is 167 cm³/mol. The van der Waals surface area contributed by atoms with Crippen LogP contribution >= 0.6 is 44.1 Å². The van der Waals surface area contributed by atoms with Gasteiger partial charge in [0.15, 0.2) is 0 Å². The van der Waals surface area contributed by atoms with Gasteiger partial charge in [-0.3, -0.25) is 14.8 Å². The summed E-state index contributed by atoms with van der Waals surface area (Å²) in [7, 11) is 0. The lowest BCUT2D eigenvalue weighted by atomic mass is 9.98. The lowest BCUT2D eigenvalue weighted by molar-refractivity contribution is -0.119. The summed E-state index contributed by atoms with van der Waals surface area (Å²) in [6.07, 6.45) is 9.98. The number of aliphatic hydroxyl groups is 1. The number of hydrogen-bond donors (Lipinski definition) is 4. The highest BCUT2D eigenvalue weighted by Crippen LogP contribution is 2.28. The van der Waals surface area contributed by atoms with Crippen molar-refractivity contribution in [2.24, 2.45) is 5.84 Å². The Morgan fingerprint density at radius 2 is 1.64 bits per heavy atom. The molecule has 2 aromatic carbocycles. The molecule has 0 spiro atoms. The number of halogens is 2. The molecule has 1 fully saturated rings. The molecule has 0 atom stereocenters. The Bertz CT molecular complexity index is 1280. The molecule has 3 heterocycles. The fourth-order valence-electron chi connectivity index (χ4n) is 4.53. The van der Waals surface area contributed by atoms with E-state index in [9.17, 15) is 4.79 Å². The molecule has 2 aliphatic heterocycles. The van der Waals surface area contributed by atoms with Gasteiger partial charge in [0.1, 0.15) is 11.6 Å². The molecule has 1 aliphatic carbocycles. The van der Waals surface area contributed by atoms with Gasteiger partial charge >= 0.3 is 0 Å². The van der Waals surface area contributed by atoms with Crippen molar-refractivity contribution in [3.63, 3.8) is 0 Å². The van der Waals surface area contributed by atoms with Crippen molar-refractivity contribution >= 4 is 60.7 Å². The third kappa shape index (κ3) is 9.75. The first-order valence-electron chi connectivity index (χ1n) is 13.1. The molecule has 5 N–H and O–H groups in total. The zero-order valence-corrected chi connectivity index (χ0v) is 26.3. The van der Waals surface area contributed by atoms with Gasteiger partial charge in [0.05, 0.1) is 16.8 Å². The minimum atomic E-state index is -0.218. The third-order valence-corrected chi connectivity index (χ3v) is 7.83. The number of amides is 1. The van der Waals surface area contributed by atoms with Gasteiger partial charge in [-0.05, 0) is 80.1 Å². The molecular formula is C28H36Br2N6O2S. The molecule has 0 unspecified atom stereocenters. The zero-order chi connectivity index (χ0) is 28.4. The van der Waals surface area contributed by atoms with Crippen LogP contribution < -0.4 is 16.6 Å². The highest BCUT2D eigenvalue weighted by Gasteiger charge is 2.19. The maximum Gasteiger partial charge on any atom is 0.230 e. The van der Waals surface area contributed by atoms with Crippen molar-refractivity contribution in [1.29, 1.82) is 0 Å². The molecule has 1 aromatic heterocycles. The van der Waals surface area contributed by atoms with Crippen molar-refractivity contribution in [1.82, 2.24) is 20.2 Å². The van der Waals surface area contributed by atoms with Crippen molar-refractivity contribution < 1.29 is 9.90 Å². The molecule has 1 amide bonds. The summed E-state index contributed by atoms with van der Waals surface area (Å²) < 4.78 is 4.41. The summed E-state index contributed by atoms with van der Waals surface area (Å²) in [5, 5.41) is 20.4. The Labute approximate surface area is 252 Å². The highest BCUT2D eigenvalue weighted by atomic mass is 79.9. The number of nitrogens with two attached hydrogens (primary N) is 1. The van der Waals surface area contributed by atoms with Crippen LogP contribution in [0.5, 0.6) is 0 Å². The summed E-state index contributed by atoms with van der Waals surface area (Å²) in [5.41, 5.74) is 6.98. The van der Waals surface area contributed by atoms with Gasteiger partial charge < -0.3 is 10.4 Å². The largest absolute Gasteiger partial charge is 0.393 e. The number of hydrazine groups is 1. The van der Waals surface area contributed by atoms with Gasteiger partial charge in [-0.15, -0.1) is 10.2 Å². The van der Waals surface area contributed by atoms with Gasteiger partial charge in [-0.2, -0.15) is 0 Å². The molecule has 3 aromatic rings. The summed E-state index contributed by atoms with van der Waals surface area (Å²) in [4.78, 5) is 10.5. The van der Waals surface area contributed by atoms with E-state index in [2.05, 4.69) is 88.1 Å². The van der Waals surface area contributed by atoms with E-state index in [-0.39, 0.29) is 12.0 Å². The quantitative estimate of drug-likeness (QED) is 0.101. The monoisotopic (exact) mass is 678 g/mol. The number of aliphatic hydroxyl groups excluding tert-OH is 1. The Balaban J connectivity index is 0.000000156. The van der Waals surface area contributed by atoms with Crippen LogP contribution in [-0.2, 0) is 24.1 Å². The molecule has 8 nitrogen and oxygen atoms in total. The van der Waals surface area contributed by atoms with Crippen LogP contribution in [0, 0.1) is 6.92 Å². The molecular weight excluding hydrogens is 644 g/mol. The van der Waals surface area contributed by atoms with Gasteiger partial charge in [-0.1, -0.05) is 63.3 Å². The van der Waals surface area contributed by atoms with E-state index in [0.29, 0.717) is 0 Å². The van der Waals surface area contributed by atoms with Crippen molar-refractivity contribution in [3.8, 4) is 5.69 Å². The average molecular weight is 681 g/mol. The lowest BCUT2D eigenvalue weighted by Gasteiger charge is -2.18. The van der Waals surface area contributed by atoms with Crippen molar-refractivity contribution in [2.75, 3.05) is 5.32 Å². The smallest absolute Gasteiger partial charge is 0.230 e. The van der Waals surface area contributed by atoms with Crippen LogP contribution in [0.3, 0.4) is 0 Å². The number of carbonyl (C=O) groups excluding carboxylic acids is 1. The van der Waals surface area contributed by atoms with E-state index in [1.807, 2.05) is 18.4 Å². The number of thiocarbonyl (C=S) groups is 1. The fourth-order valence-corrected chi connectivity index (χ4v) is 5.56. The van der Waals surface area contributed by atoms with Crippen LogP contribution in [0.2, 0.25) is 0 Å². The van der Waals surface area contributed by atoms with E-state index < -0.39 is 0 Å². The van der Waals surface area contributed by atoms with Gasteiger partial charge in [0.2, 0.25) is 5.91 Å². The molecule has 0 radical (unpaired) electrons. The summed E-state index contributed by atoms with van der Waals surface area (Å²) >= 11 is 12.0. The first kappa shape index (κ1) is 31.3. The summed E-state index contributed by atoms with van der Waals surface area (Å²) in [5.74, 6) is 6.39. The number of nitrogens with one attached hydrogen (secondary N) is 2. The third-order valence-electron chi connectivity index (χ3n) is 6.53. The van der Waals surface area contributed by atoms with E-state index in [1.54, 1.807) is 0 Å². The van der Waals surface area contributed by atoms with Crippen LogP contribution in [0.1, 0.15) is 68.2 Å². The highest BCUT2D eigenvalue weighted by molar-refractivity contribution is 9.10. The summed E-state index contributed by atoms with van der Waals surface area (Å²) in [6, 6.07) is 12.6. The first-order chi connectivity index (χ1) is 18.7.